The number of carboxylic acid groups (broad SMARTS) is 1. The lowest BCUT2D eigenvalue weighted by atomic mass is 10.1. The number of carbonyl (C=O) groups excluding carboxylic acids is 1. The fourth-order valence-electron chi connectivity index (χ4n) is 1.92. The van der Waals surface area contributed by atoms with Gasteiger partial charge < -0.3 is 10.4 Å². The summed E-state index contributed by atoms with van der Waals surface area (Å²) in [7, 11) is 0. The van der Waals surface area contributed by atoms with Crippen LogP contribution in [-0.4, -0.2) is 23.5 Å². The van der Waals surface area contributed by atoms with Crippen LogP contribution >= 0.6 is 23.2 Å². The van der Waals surface area contributed by atoms with E-state index in [2.05, 4.69) is 5.32 Å². The highest BCUT2D eigenvalue weighted by atomic mass is 35.5. The van der Waals surface area contributed by atoms with Gasteiger partial charge in [-0.05, 0) is 30.0 Å². The Labute approximate surface area is 114 Å². The lowest BCUT2D eigenvalue weighted by molar-refractivity contribution is -0.138. The molecule has 96 valence electrons. The molecule has 1 aromatic carbocycles. The topological polar surface area (TPSA) is 66.4 Å². The number of hydrogen-bond acceptors (Lipinski definition) is 2. The maximum absolute atomic E-state index is 11.6. The van der Waals surface area contributed by atoms with Crippen molar-refractivity contribution in [3.63, 3.8) is 0 Å². The van der Waals surface area contributed by atoms with E-state index in [1.165, 1.54) is 0 Å². The van der Waals surface area contributed by atoms with Gasteiger partial charge in [0.2, 0.25) is 5.91 Å². The molecule has 1 aliphatic carbocycles. The van der Waals surface area contributed by atoms with Gasteiger partial charge in [0, 0.05) is 16.0 Å². The second-order valence-electron chi connectivity index (χ2n) is 4.23. The number of benzene rings is 1. The lowest BCUT2D eigenvalue weighted by Crippen LogP contribution is -2.30. The van der Waals surface area contributed by atoms with Gasteiger partial charge in [0.05, 0.1) is 0 Å². The average molecular weight is 288 g/mol. The predicted molar refractivity (Wildman–Crippen MR) is 68.0 cm³/mol. The Morgan fingerprint density at radius 1 is 1.39 bits per heavy atom. The van der Waals surface area contributed by atoms with Crippen molar-refractivity contribution in [3.05, 3.63) is 33.8 Å². The monoisotopic (exact) mass is 287 g/mol. The zero-order chi connectivity index (χ0) is 13.3. The number of aliphatic carboxylic acids is 1. The minimum Gasteiger partial charge on any atom is -0.480 e. The zero-order valence-electron chi connectivity index (χ0n) is 9.32. The number of nitrogens with one attached hydrogen (secondary N) is 1. The molecule has 1 fully saturated rings. The van der Waals surface area contributed by atoms with E-state index in [1.807, 2.05) is 0 Å². The van der Waals surface area contributed by atoms with E-state index in [-0.39, 0.29) is 24.3 Å². The van der Waals surface area contributed by atoms with Crippen molar-refractivity contribution >= 4 is 35.1 Å². The van der Waals surface area contributed by atoms with Gasteiger partial charge in [-0.3, -0.25) is 9.59 Å². The van der Waals surface area contributed by atoms with Gasteiger partial charge >= 0.3 is 5.97 Å². The summed E-state index contributed by atoms with van der Waals surface area (Å²) in [5.41, 5.74) is 0.886. The first-order valence-corrected chi connectivity index (χ1v) is 6.19. The van der Waals surface area contributed by atoms with Crippen LogP contribution in [0.15, 0.2) is 18.2 Å². The molecule has 0 unspecified atom stereocenters. The second kappa shape index (κ2) is 5.16. The van der Waals surface area contributed by atoms with Crippen LogP contribution in [0.1, 0.15) is 17.9 Å². The fraction of sp³-hybridized carbons (Fsp3) is 0.333. The van der Waals surface area contributed by atoms with Crippen LogP contribution < -0.4 is 5.32 Å². The molecule has 0 heterocycles. The standard InChI is InChI=1S/C12H11Cl2NO3/c13-6-1-2-7(10(14)3-6)8-4-9(8)12(18)15-5-11(16)17/h1-3,8-9H,4-5H2,(H,15,18)(H,16,17)/t8-,9-/m1/s1. The first-order chi connectivity index (χ1) is 8.49. The minimum absolute atomic E-state index is 0.0589. The van der Waals surface area contributed by atoms with Gasteiger partial charge in [-0.15, -0.1) is 0 Å². The highest BCUT2D eigenvalue weighted by Crippen LogP contribution is 2.49. The molecule has 18 heavy (non-hydrogen) atoms. The number of rotatable bonds is 4. The zero-order valence-corrected chi connectivity index (χ0v) is 10.8. The first kappa shape index (κ1) is 13.2. The summed E-state index contributed by atoms with van der Waals surface area (Å²) < 4.78 is 0. The molecule has 2 rings (SSSR count). The molecule has 0 aliphatic heterocycles. The van der Waals surface area contributed by atoms with Crippen LogP contribution in [0.5, 0.6) is 0 Å². The molecule has 0 radical (unpaired) electrons. The normalized spacial score (nSPS) is 21.4. The summed E-state index contributed by atoms with van der Waals surface area (Å²) >= 11 is 11.8. The van der Waals surface area contributed by atoms with E-state index in [1.54, 1.807) is 18.2 Å². The van der Waals surface area contributed by atoms with E-state index >= 15 is 0 Å². The van der Waals surface area contributed by atoms with E-state index in [0.29, 0.717) is 16.5 Å². The maximum Gasteiger partial charge on any atom is 0.322 e. The van der Waals surface area contributed by atoms with Crippen LogP contribution in [0, 0.1) is 5.92 Å². The SMILES string of the molecule is O=C(O)CNC(=O)[C@@H]1C[C@@H]1c1ccc(Cl)cc1Cl. The fourth-order valence-corrected chi connectivity index (χ4v) is 2.47. The third-order valence-corrected chi connectivity index (χ3v) is 3.47. The lowest BCUT2D eigenvalue weighted by Gasteiger charge is -2.04. The van der Waals surface area contributed by atoms with Crippen molar-refractivity contribution in [1.29, 1.82) is 0 Å². The summed E-state index contributed by atoms with van der Waals surface area (Å²) in [5, 5.41) is 11.9. The number of carbonyl (C=O) groups is 2. The first-order valence-electron chi connectivity index (χ1n) is 5.43. The summed E-state index contributed by atoms with van der Waals surface area (Å²) in [6, 6.07) is 5.18. The van der Waals surface area contributed by atoms with Crippen molar-refractivity contribution in [2.45, 2.75) is 12.3 Å². The molecule has 6 heteroatoms. The molecule has 0 spiro atoms. The van der Waals surface area contributed by atoms with Crippen LogP contribution in [0.4, 0.5) is 0 Å². The number of halogens is 2. The molecular weight excluding hydrogens is 277 g/mol. The van der Waals surface area contributed by atoms with Crippen molar-refractivity contribution in [2.24, 2.45) is 5.92 Å². The van der Waals surface area contributed by atoms with E-state index in [9.17, 15) is 9.59 Å². The summed E-state index contributed by atoms with van der Waals surface area (Å²) in [6.07, 6.45) is 0.687. The number of hydrogen-bond donors (Lipinski definition) is 2. The predicted octanol–water partition coefficient (Wildman–Crippen LogP) is 2.30. The molecule has 1 aliphatic rings. The molecule has 1 amide bonds. The largest absolute Gasteiger partial charge is 0.480 e. The van der Waals surface area contributed by atoms with Crippen LogP contribution in [-0.2, 0) is 9.59 Å². The summed E-state index contributed by atoms with van der Waals surface area (Å²) in [4.78, 5) is 22.0. The molecule has 0 aromatic heterocycles. The maximum atomic E-state index is 11.6. The smallest absolute Gasteiger partial charge is 0.322 e. The van der Waals surface area contributed by atoms with E-state index in [0.717, 1.165) is 5.56 Å². The number of carboxylic acids is 1. The molecule has 4 nitrogen and oxygen atoms in total. The van der Waals surface area contributed by atoms with Gasteiger partial charge in [-0.25, -0.2) is 0 Å². The Balaban J connectivity index is 1.98. The van der Waals surface area contributed by atoms with E-state index < -0.39 is 5.97 Å². The van der Waals surface area contributed by atoms with Crippen LogP contribution in [0.2, 0.25) is 10.0 Å². The van der Waals surface area contributed by atoms with Crippen molar-refractivity contribution in [3.8, 4) is 0 Å². The summed E-state index contributed by atoms with van der Waals surface area (Å²) in [6.45, 7) is -0.351. The molecule has 0 bridgehead atoms. The Morgan fingerprint density at radius 2 is 2.11 bits per heavy atom. The molecule has 1 saturated carbocycles. The molecule has 0 saturated heterocycles. The molecule has 2 N–H and O–H groups in total. The van der Waals surface area contributed by atoms with E-state index in [4.69, 9.17) is 28.3 Å². The molecule has 1 aromatic rings. The highest BCUT2D eigenvalue weighted by Gasteiger charge is 2.44. The highest BCUT2D eigenvalue weighted by molar-refractivity contribution is 6.35. The van der Waals surface area contributed by atoms with Crippen LogP contribution in [0.25, 0.3) is 0 Å². The third-order valence-electron chi connectivity index (χ3n) is 2.90. The Morgan fingerprint density at radius 3 is 2.72 bits per heavy atom. The Kier molecular flexibility index (Phi) is 3.78. The van der Waals surface area contributed by atoms with Crippen molar-refractivity contribution < 1.29 is 14.7 Å². The summed E-state index contributed by atoms with van der Waals surface area (Å²) in [5.74, 6) is -1.43. The number of amides is 1. The van der Waals surface area contributed by atoms with Crippen LogP contribution in [0.3, 0.4) is 0 Å². The van der Waals surface area contributed by atoms with Gasteiger partial charge in [0.25, 0.3) is 0 Å². The van der Waals surface area contributed by atoms with Gasteiger partial charge in [-0.1, -0.05) is 29.3 Å². The van der Waals surface area contributed by atoms with Gasteiger partial charge in [0.15, 0.2) is 0 Å². The Bertz CT molecular complexity index is 504. The van der Waals surface area contributed by atoms with Crippen molar-refractivity contribution in [1.82, 2.24) is 5.32 Å². The quantitative estimate of drug-likeness (QED) is 0.893. The third kappa shape index (κ3) is 2.94. The van der Waals surface area contributed by atoms with Gasteiger partial charge in [0.1, 0.15) is 6.54 Å². The average Bonchev–Trinajstić information content (AvgIpc) is 3.05. The molecular formula is C12H11Cl2NO3. The van der Waals surface area contributed by atoms with Gasteiger partial charge in [-0.2, -0.15) is 0 Å². The Hall–Kier alpha value is -1.26. The minimum atomic E-state index is -1.05. The second-order valence-corrected chi connectivity index (χ2v) is 5.07. The molecule has 2 atom stereocenters. The van der Waals surface area contributed by atoms with Crippen molar-refractivity contribution in [2.75, 3.05) is 6.54 Å².